The predicted octanol–water partition coefficient (Wildman–Crippen LogP) is 2.15. The maximum absolute atomic E-state index is 10.7. The fraction of sp³-hybridized carbons (Fsp3) is 0.364. The largest absolute Gasteiger partial charge is 0.491 e. The van der Waals surface area contributed by atoms with Crippen molar-refractivity contribution in [2.75, 3.05) is 0 Å². The van der Waals surface area contributed by atoms with E-state index < -0.39 is 11.1 Å². The van der Waals surface area contributed by atoms with Gasteiger partial charge in [0.15, 0.2) is 5.03 Å². The van der Waals surface area contributed by atoms with Crippen molar-refractivity contribution in [2.45, 2.75) is 26.5 Å². The van der Waals surface area contributed by atoms with Crippen LogP contribution in [0.25, 0.3) is 0 Å². The lowest BCUT2D eigenvalue weighted by Gasteiger charge is -2.15. The number of rotatable bonds is 5. The molecule has 0 aliphatic rings. The van der Waals surface area contributed by atoms with Crippen LogP contribution in [0.3, 0.4) is 0 Å². The molecule has 0 bridgehead atoms. The van der Waals surface area contributed by atoms with Gasteiger partial charge in [-0.3, -0.25) is 0 Å². The number of carbonyl (C=O) groups is 1. The first-order valence-electron chi connectivity index (χ1n) is 5.31. The molecule has 0 saturated heterocycles. The Morgan fingerprint density at radius 1 is 1.50 bits per heavy atom. The van der Waals surface area contributed by atoms with Crippen LogP contribution < -0.4 is 4.74 Å². The van der Waals surface area contributed by atoms with E-state index in [4.69, 9.17) is 9.84 Å². The molecule has 7 nitrogen and oxygen atoms in total. The summed E-state index contributed by atoms with van der Waals surface area (Å²) in [6, 6.07) is 6.63. The van der Waals surface area contributed by atoms with Crippen molar-refractivity contribution in [3.8, 4) is 5.75 Å². The van der Waals surface area contributed by atoms with Gasteiger partial charge in [0, 0.05) is 5.56 Å². The third-order valence-electron chi connectivity index (χ3n) is 2.07. The number of nitrogens with zero attached hydrogens (tertiary/aromatic N) is 2. The number of benzene rings is 1. The lowest BCUT2D eigenvalue weighted by Crippen LogP contribution is -2.34. The predicted molar refractivity (Wildman–Crippen MR) is 62.8 cm³/mol. The molecule has 0 spiro atoms. The molecule has 7 heteroatoms. The fourth-order valence-electron chi connectivity index (χ4n) is 1.36. The summed E-state index contributed by atoms with van der Waals surface area (Å²) in [5.41, 5.74) is 0.449. The maximum Gasteiger partial charge on any atom is 0.466 e. The molecule has 0 atom stereocenters. The average molecular weight is 254 g/mol. The van der Waals surface area contributed by atoms with Gasteiger partial charge >= 0.3 is 6.09 Å². The number of para-hydroxylation sites is 1. The SMILES string of the molecule is CC(C)Oc1ccccc1CN(C(=O)O)[N+](=O)[O-]. The van der Waals surface area contributed by atoms with Gasteiger partial charge in [-0.2, -0.15) is 0 Å². The third-order valence-corrected chi connectivity index (χ3v) is 2.07. The third kappa shape index (κ3) is 3.62. The van der Waals surface area contributed by atoms with Gasteiger partial charge in [-0.15, -0.1) is 0 Å². The summed E-state index contributed by atoms with van der Waals surface area (Å²) in [5.74, 6) is 0.445. The van der Waals surface area contributed by atoms with E-state index in [1.54, 1.807) is 24.3 Å². The number of amides is 1. The molecular weight excluding hydrogens is 240 g/mol. The van der Waals surface area contributed by atoms with E-state index in [9.17, 15) is 14.9 Å². The molecule has 0 unspecified atom stereocenters. The van der Waals surface area contributed by atoms with E-state index in [1.165, 1.54) is 0 Å². The molecule has 0 aliphatic heterocycles. The lowest BCUT2D eigenvalue weighted by molar-refractivity contribution is -0.638. The van der Waals surface area contributed by atoms with Gasteiger partial charge < -0.3 is 9.84 Å². The van der Waals surface area contributed by atoms with Crippen molar-refractivity contribution in [1.82, 2.24) is 5.01 Å². The summed E-state index contributed by atoms with van der Waals surface area (Å²) in [5, 5.41) is 18.5. The monoisotopic (exact) mass is 254 g/mol. The van der Waals surface area contributed by atoms with E-state index >= 15 is 0 Å². The Morgan fingerprint density at radius 2 is 2.11 bits per heavy atom. The highest BCUT2D eigenvalue weighted by Gasteiger charge is 2.25. The minimum atomic E-state index is -1.61. The highest BCUT2D eigenvalue weighted by Crippen LogP contribution is 2.21. The fourth-order valence-corrected chi connectivity index (χ4v) is 1.36. The molecule has 98 valence electrons. The van der Waals surface area contributed by atoms with Crippen molar-refractivity contribution >= 4 is 6.09 Å². The van der Waals surface area contributed by atoms with Crippen LogP contribution in [-0.4, -0.2) is 27.3 Å². The van der Waals surface area contributed by atoms with Crippen LogP contribution >= 0.6 is 0 Å². The summed E-state index contributed by atoms with van der Waals surface area (Å²) >= 11 is 0. The standard InChI is InChI=1S/C11H14N2O5/c1-8(2)18-10-6-4-3-5-9(10)7-12(11(14)15)13(16)17/h3-6,8H,7H2,1-2H3,(H,14,15). The van der Waals surface area contributed by atoms with Gasteiger partial charge in [-0.25, -0.2) is 14.9 Å². The zero-order valence-electron chi connectivity index (χ0n) is 10.1. The molecule has 1 amide bonds. The second-order valence-electron chi connectivity index (χ2n) is 3.85. The Kier molecular flexibility index (Phi) is 4.47. The van der Waals surface area contributed by atoms with Crippen molar-refractivity contribution in [3.05, 3.63) is 39.9 Å². The van der Waals surface area contributed by atoms with E-state index in [0.29, 0.717) is 11.3 Å². The molecule has 0 radical (unpaired) electrons. The topological polar surface area (TPSA) is 92.9 Å². The van der Waals surface area contributed by atoms with Gasteiger partial charge in [0.2, 0.25) is 0 Å². The average Bonchev–Trinajstić information content (AvgIpc) is 2.26. The molecule has 0 aliphatic carbocycles. The van der Waals surface area contributed by atoms with Crippen LogP contribution in [0.4, 0.5) is 4.79 Å². The van der Waals surface area contributed by atoms with E-state index in [0.717, 1.165) is 0 Å². The zero-order chi connectivity index (χ0) is 13.7. The molecule has 1 rings (SSSR count). The molecule has 1 aromatic carbocycles. The smallest absolute Gasteiger partial charge is 0.466 e. The van der Waals surface area contributed by atoms with E-state index in [1.807, 2.05) is 13.8 Å². The minimum Gasteiger partial charge on any atom is -0.491 e. The van der Waals surface area contributed by atoms with Crippen LogP contribution in [0.15, 0.2) is 24.3 Å². The van der Waals surface area contributed by atoms with Crippen LogP contribution in [0, 0.1) is 10.1 Å². The Hall–Kier alpha value is -2.31. The Labute approximate surface area is 104 Å². The molecule has 1 N–H and O–H groups in total. The zero-order valence-corrected chi connectivity index (χ0v) is 10.1. The highest BCUT2D eigenvalue weighted by molar-refractivity contribution is 5.63. The quantitative estimate of drug-likeness (QED) is 0.641. The number of ether oxygens (including phenoxy) is 1. The number of hydrogen-bond donors (Lipinski definition) is 1. The Morgan fingerprint density at radius 3 is 2.61 bits per heavy atom. The maximum atomic E-state index is 10.7. The van der Waals surface area contributed by atoms with Crippen LogP contribution in [0.1, 0.15) is 19.4 Å². The summed E-state index contributed by atoms with van der Waals surface area (Å²) in [4.78, 5) is 21.3. The van der Waals surface area contributed by atoms with Crippen molar-refractivity contribution in [1.29, 1.82) is 0 Å². The second kappa shape index (κ2) is 5.85. The number of hydrazine groups is 1. The van der Waals surface area contributed by atoms with Crippen LogP contribution in [0.5, 0.6) is 5.75 Å². The van der Waals surface area contributed by atoms with E-state index in [-0.39, 0.29) is 17.7 Å². The normalized spacial score (nSPS) is 10.2. The lowest BCUT2D eigenvalue weighted by atomic mass is 10.2. The Bertz CT molecular complexity index is 433. The summed E-state index contributed by atoms with van der Waals surface area (Å²) < 4.78 is 5.46. The van der Waals surface area contributed by atoms with Gasteiger partial charge in [-0.1, -0.05) is 18.2 Å². The summed E-state index contributed by atoms with van der Waals surface area (Å²) in [6.07, 6.45) is -1.71. The van der Waals surface area contributed by atoms with Crippen molar-refractivity contribution in [2.24, 2.45) is 0 Å². The van der Waals surface area contributed by atoms with Crippen LogP contribution in [-0.2, 0) is 6.54 Å². The number of carboxylic acid groups (broad SMARTS) is 1. The number of nitro groups is 1. The molecule has 0 saturated carbocycles. The molecular formula is C11H14N2O5. The van der Waals surface area contributed by atoms with Gasteiger partial charge in [-0.05, 0) is 24.9 Å². The van der Waals surface area contributed by atoms with Crippen LogP contribution in [0.2, 0.25) is 0 Å². The first kappa shape index (κ1) is 13.8. The van der Waals surface area contributed by atoms with Gasteiger partial charge in [0.1, 0.15) is 12.3 Å². The highest BCUT2D eigenvalue weighted by atomic mass is 16.7. The molecule has 1 aromatic rings. The molecule has 0 aromatic heterocycles. The molecule has 0 fully saturated rings. The second-order valence-corrected chi connectivity index (χ2v) is 3.85. The van der Waals surface area contributed by atoms with Crippen molar-refractivity contribution < 1.29 is 19.7 Å². The molecule has 0 heterocycles. The Balaban J connectivity index is 2.95. The van der Waals surface area contributed by atoms with Gasteiger partial charge in [0.25, 0.3) is 0 Å². The van der Waals surface area contributed by atoms with E-state index in [2.05, 4.69) is 0 Å². The number of hydrogen-bond acceptors (Lipinski definition) is 4. The summed E-state index contributed by atoms with van der Waals surface area (Å²) in [6.45, 7) is 3.28. The van der Waals surface area contributed by atoms with Gasteiger partial charge in [0.05, 0.1) is 6.10 Å². The molecule has 18 heavy (non-hydrogen) atoms. The first-order chi connectivity index (χ1) is 8.41. The summed E-state index contributed by atoms with van der Waals surface area (Å²) in [7, 11) is 0. The van der Waals surface area contributed by atoms with Crippen molar-refractivity contribution in [3.63, 3.8) is 0 Å². The minimum absolute atomic E-state index is 0.0972. The first-order valence-corrected chi connectivity index (χ1v) is 5.31.